The Labute approximate surface area is 104 Å². The average Bonchev–Trinajstić information content (AvgIpc) is 2.41. The summed E-state index contributed by atoms with van der Waals surface area (Å²) in [6.07, 6.45) is 1.49. The monoisotopic (exact) mass is 244 g/mol. The SMILES string of the molecule is COc1ccc(C(=O)Nc2ncccc2O)cc1. The molecule has 2 rings (SSSR count). The Hall–Kier alpha value is -2.56. The molecule has 5 nitrogen and oxygen atoms in total. The van der Waals surface area contributed by atoms with E-state index in [1.165, 1.54) is 12.3 Å². The van der Waals surface area contributed by atoms with Gasteiger partial charge in [-0.05, 0) is 36.4 Å². The van der Waals surface area contributed by atoms with Crippen LogP contribution in [0, 0.1) is 0 Å². The van der Waals surface area contributed by atoms with Crippen LogP contribution in [-0.2, 0) is 0 Å². The largest absolute Gasteiger partial charge is 0.504 e. The first-order valence-electron chi connectivity index (χ1n) is 5.30. The summed E-state index contributed by atoms with van der Waals surface area (Å²) < 4.78 is 5.00. The molecule has 1 amide bonds. The quantitative estimate of drug-likeness (QED) is 0.866. The molecule has 0 saturated heterocycles. The summed E-state index contributed by atoms with van der Waals surface area (Å²) >= 11 is 0. The van der Waals surface area contributed by atoms with Crippen molar-refractivity contribution in [1.29, 1.82) is 0 Å². The molecule has 0 saturated carbocycles. The molecule has 92 valence electrons. The number of carbonyl (C=O) groups excluding carboxylic acids is 1. The zero-order valence-corrected chi connectivity index (χ0v) is 9.75. The molecule has 2 N–H and O–H groups in total. The number of hydrogen-bond donors (Lipinski definition) is 2. The predicted octanol–water partition coefficient (Wildman–Crippen LogP) is 2.05. The van der Waals surface area contributed by atoms with E-state index in [4.69, 9.17) is 4.74 Å². The number of aromatic nitrogens is 1. The number of aromatic hydroxyl groups is 1. The summed E-state index contributed by atoms with van der Waals surface area (Å²) in [5.41, 5.74) is 0.459. The van der Waals surface area contributed by atoms with Crippen molar-refractivity contribution in [2.45, 2.75) is 0 Å². The molecule has 0 atom stereocenters. The van der Waals surface area contributed by atoms with Crippen molar-refractivity contribution in [3.63, 3.8) is 0 Å². The van der Waals surface area contributed by atoms with Gasteiger partial charge in [-0.1, -0.05) is 0 Å². The number of anilines is 1. The third kappa shape index (κ3) is 2.57. The maximum atomic E-state index is 11.9. The molecular weight excluding hydrogens is 232 g/mol. The molecule has 0 spiro atoms. The predicted molar refractivity (Wildman–Crippen MR) is 66.8 cm³/mol. The fraction of sp³-hybridized carbons (Fsp3) is 0.0769. The van der Waals surface area contributed by atoms with Gasteiger partial charge in [0.25, 0.3) is 5.91 Å². The fourth-order valence-electron chi connectivity index (χ4n) is 1.42. The standard InChI is InChI=1S/C13H12N2O3/c1-18-10-6-4-9(5-7-10)13(17)15-12-11(16)3-2-8-14-12/h2-8,16H,1H3,(H,14,15,17). The number of ether oxygens (including phenoxy) is 1. The van der Waals surface area contributed by atoms with Crippen molar-refractivity contribution in [3.8, 4) is 11.5 Å². The Kier molecular flexibility index (Phi) is 3.43. The van der Waals surface area contributed by atoms with E-state index in [0.717, 1.165) is 0 Å². The second kappa shape index (κ2) is 5.18. The lowest BCUT2D eigenvalue weighted by molar-refractivity contribution is 0.102. The van der Waals surface area contributed by atoms with Gasteiger partial charge in [0.15, 0.2) is 11.6 Å². The number of benzene rings is 1. The molecule has 0 fully saturated rings. The van der Waals surface area contributed by atoms with E-state index in [1.807, 2.05) is 0 Å². The highest BCUT2D eigenvalue weighted by Gasteiger charge is 2.09. The Morgan fingerprint density at radius 3 is 2.61 bits per heavy atom. The highest BCUT2D eigenvalue weighted by Crippen LogP contribution is 2.19. The second-order valence-corrected chi connectivity index (χ2v) is 3.55. The minimum Gasteiger partial charge on any atom is -0.504 e. The summed E-state index contributed by atoms with van der Waals surface area (Å²) in [6.45, 7) is 0. The van der Waals surface area contributed by atoms with Crippen LogP contribution in [0.1, 0.15) is 10.4 Å². The van der Waals surface area contributed by atoms with Gasteiger partial charge in [-0.15, -0.1) is 0 Å². The highest BCUT2D eigenvalue weighted by atomic mass is 16.5. The van der Waals surface area contributed by atoms with Crippen LogP contribution in [0.5, 0.6) is 11.5 Å². The Bertz CT molecular complexity index is 552. The molecule has 18 heavy (non-hydrogen) atoms. The Balaban J connectivity index is 2.14. The van der Waals surface area contributed by atoms with Crippen LogP contribution in [0.2, 0.25) is 0 Å². The molecule has 5 heteroatoms. The number of amides is 1. The van der Waals surface area contributed by atoms with E-state index >= 15 is 0 Å². The van der Waals surface area contributed by atoms with Gasteiger partial charge in [0, 0.05) is 11.8 Å². The minimum atomic E-state index is -0.341. The van der Waals surface area contributed by atoms with Crippen molar-refractivity contribution in [2.75, 3.05) is 12.4 Å². The molecule has 0 radical (unpaired) electrons. The molecular formula is C13H12N2O3. The third-order valence-corrected chi connectivity index (χ3v) is 2.37. The maximum absolute atomic E-state index is 11.9. The molecule has 0 bridgehead atoms. The first kappa shape index (κ1) is 11.9. The molecule has 0 unspecified atom stereocenters. The van der Waals surface area contributed by atoms with Crippen molar-refractivity contribution < 1.29 is 14.6 Å². The van der Waals surface area contributed by atoms with E-state index in [1.54, 1.807) is 37.4 Å². The Morgan fingerprint density at radius 2 is 2.00 bits per heavy atom. The van der Waals surface area contributed by atoms with E-state index in [2.05, 4.69) is 10.3 Å². The van der Waals surface area contributed by atoms with Crippen molar-refractivity contribution in [3.05, 3.63) is 48.2 Å². The zero-order valence-electron chi connectivity index (χ0n) is 9.75. The van der Waals surface area contributed by atoms with Gasteiger partial charge in [0.1, 0.15) is 5.75 Å². The third-order valence-electron chi connectivity index (χ3n) is 2.37. The first-order chi connectivity index (χ1) is 8.70. The molecule has 0 aliphatic carbocycles. The van der Waals surface area contributed by atoms with Gasteiger partial charge in [0.05, 0.1) is 7.11 Å². The number of methoxy groups -OCH3 is 1. The zero-order chi connectivity index (χ0) is 13.0. The number of pyridine rings is 1. The van der Waals surface area contributed by atoms with Crippen LogP contribution in [-0.4, -0.2) is 23.1 Å². The summed E-state index contributed by atoms with van der Waals surface area (Å²) in [4.78, 5) is 15.7. The lowest BCUT2D eigenvalue weighted by Crippen LogP contribution is -2.12. The van der Waals surface area contributed by atoms with Crippen LogP contribution in [0.25, 0.3) is 0 Å². The van der Waals surface area contributed by atoms with Gasteiger partial charge in [-0.2, -0.15) is 0 Å². The summed E-state index contributed by atoms with van der Waals surface area (Å²) in [6, 6.07) is 9.68. The van der Waals surface area contributed by atoms with E-state index in [-0.39, 0.29) is 17.5 Å². The lowest BCUT2D eigenvalue weighted by Gasteiger charge is -2.06. The van der Waals surface area contributed by atoms with Crippen LogP contribution in [0.4, 0.5) is 5.82 Å². The van der Waals surface area contributed by atoms with Gasteiger partial charge < -0.3 is 15.2 Å². The normalized spacial score (nSPS) is 9.83. The maximum Gasteiger partial charge on any atom is 0.256 e. The summed E-state index contributed by atoms with van der Waals surface area (Å²) in [7, 11) is 1.56. The molecule has 1 aromatic carbocycles. The van der Waals surface area contributed by atoms with Crippen LogP contribution >= 0.6 is 0 Å². The van der Waals surface area contributed by atoms with Crippen LogP contribution in [0.3, 0.4) is 0 Å². The van der Waals surface area contributed by atoms with Gasteiger partial charge in [-0.3, -0.25) is 4.79 Å². The number of rotatable bonds is 3. The van der Waals surface area contributed by atoms with Crippen LogP contribution < -0.4 is 10.1 Å². The fourth-order valence-corrected chi connectivity index (χ4v) is 1.42. The number of hydrogen-bond acceptors (Lipinski definition) is 4. The molecule has 0 aliphatic heterocycles. The second-order valence-electron chi connectivity index (χ2n) is 3.55. The van der Waals surface area contributed by atoms with E-state index in [9.17, 15) is 9.90 Å². The number of nitrogens with one attached hydrogen (secondary N) is 1. The van der Waals surface area contributed by atoms with E-state index < -0.39 is 0 Å². The topological polar surface area (TPSA) is 71.5 Å². The first-order valence-corrected chi connectivity index (χ1v) is 5.30. The van der Waals surface area contributed by atoms with Crippen molar-refractivity contribution >= 4 is 11.7 Å². The number of nitrogens with zero attached hydrogens (tertiary/aromatic N) is 1. The van der Waals surface area contributed by atoms with Gasteiger partial charge in [0.2, 0.25) is 0 Å². The average molecular weight is 244 g/mol. The van der Waals surface area contributed by atoms with Gasteiger partial charge >= 0.3 is 0 Å². The lowest BCUT2D eigenvalue weighted by atomic mass is 10.2. The molecule has 0 aliphatic rings. The molecule has 1 heterocycles. The highest BCUT2D eigenvalue weighted by molar-refractivity contribution is 6.04. The van der Waals surface area contributed by atoms with Crippen molar-refractivity contribution in [2.24, 2.45) is 0 Å². The smallest absolute Gasteiger partial charge is 0.256 e. The Morgan fingerprint density at radius 1 is 1.28 bits per heavy atom. The summed E-state index contributed by atoms with van der Waals surface area (Å²) in [5, 5.41) is 12.0. The van der Waals surface area contributed by atoms with E-state index in [0.29, 0.717) is 11.3 Å². The van der Waals surface area contributed by atoms with Crippen molar-refractivity contribution in [1.82, 2.24) is 4.98 Å². The minimum absolute atomic E-state index is 0.0700. The molecule has 2 aromatic rings. The van der Waals surface area contributed by atoms with Crippen LogP contribution in [0.15, 0.2) is 42.6 Å². The summed E-state index contributed by atoms with van der Waals surface area (Å²) in [5.74, 6) is 0.400. The van der Waals surface area contributed by atoms with Gasteiger partial charge in [-0.25, -0.2) is 4.98 Å². The molecule has 1 aromatic heterocycles. The number of carbonyl (C=O) groups is 1.